The number of sulfonamides is 1. The minimum absolute atomic E-state index is 0.225. The first-order valence-electron chi connectivity index (χ1n) is 7.59. The number of rotatable bonds is 8. The van der Waals surface area contributed by atoms with Crippen molar-refractivity contribution in [2.24, 2.45) is 0 Å². The van der Waals surface area contributed by atoms with Crippen molar-refractivity contribution < 1.29 is 13.2 Å². The average molecular weight is 337 g/mol. The number of para-hydroxylation sites is 1. The molecule has 23 heavy (non-hydrogen) atoms. The highest BCUT2D eigenvalue weighted by Gasteiger charge is 2.25. The van der Waals surface area contributed by atoms with E-state index < -0.39 is 10.0 Å². The third kappa shape index (κ3) is 5.25. The SMILES string of the molecule is CCCN(CCC)C(=O)CN(c1ccccc1C#N)S(C)(=O)=O. The number of carbonyl (C=O) groups is 1. The Kier molecular flexibility index (Phi) is 7.04. The Morgan fingerprint density at radius 1 is 1.17 bits per heavy atom. The summed E-state index contributed by atoms with van der Waals surface area (Å²) in [5.41, 5.74) is 0.460. The molecule has 126 valence electrons. The number of anilines is 1. The van der Waals surface area contributed by atoms with Gasteiger partial charge in [0.1, 0.15) is 12.6 Å². The van der Waals surface area contributed by atoms with Crippen LogP contribution < -0.4 is 4.31 Å². The molecular formula is C16H23N3O3S. The summed E-state index contributed by atoms with van der Waals surface area (Å²) in [7, 11) is -3.67. The number of benzene rings is 1. The van der Waals surface area contributed by atoms with Crippen LogP contribution >= 0.6 is 0 Å². The van der Waals surface area contributed by atoms with Crippen LogP contribution in [0.5, 0.6) is 0 Å². The normalized spacial score (nSPS) is 10.9. The minimum Gasteiger partial charge on any atom is -0.341 e. The molecule has 0 spiro atoms. The van der Waals surface area contributed by atoms with Crippen molar-refractivity contribution in [3.63, 3.8) is 0 Å². The first kappa shape index (κ1) is 19.0. The van der Waals surface area contributed by atoms with E-state index in [1.807, 2.05) is 19.9 Å². The van der Waals surface area contributed by atoms with Crippen LogP contribution in [0.15, 0.2) is 24.3 Å². The number of nitrogens with zero attached hydrogens (tertiary/aromatic N) is 3. The van der Waals surface area contributed by atoms with Crippen LogP contribution in [0.4, 0.5) is 5.69 Å². The van der Waals surface area contributed by atoms with E-state index in [0.29, 0.717) is 13.1 Å². The lowest BCUT2D eigenvalue weighted by molar-refractivity contribution is -0.129. The van der Waals surface area contributed by atoms with Gasteiger partial charge < -0.3 is 4.90 Å². The molecule has 0 aliphatic rings. The molecule has 0 saturated heterocycles. The van der Waals surface area contributed by atoms with Gasteiger partial charge in [-0.25, -0.2) is 8.42 Å². The summed E-state index contributed by atoms with van der Waals surface area (Å²) in [5, 5.41) is 9.18. The Balaban J connectivity index is 3.15. The Labute approximate surface area is 138 Å². The molecule has 0 bridgehead atoms. The van der Waals surface area contributed by atoms with Crippen LogP contribution in [-0.2, 0) is 14.8 Å². The van der Waals surface area contributed by atoms with Crippen molar-refractivity contribution in [2.75, 3.05) is 30.2 Å². The Morgan fingerprint density at radius 2 is 1.74 bits per heavy atom. The minimum atomic E-state index is -3.67. The van der Waals surface area contributed by atoms with Gasteiger partial charge in [-0.3, -0.25) is 9.10 Å². The molecule has 0 saturated carbocycles. The molecule has 1 aromatic rings. The molecule has 1 aromatic carbocycles. The molecule has 0 aliphatic heterocycles. The molecule has 0 aromatic heterocycles. The van der Waals surface area contributed by atoms with Crippen molar-refractivity contribution >= 4 is 21.6 Å². The summed E-state index contributed by atoms with van der Waals surface area (Å²) >= 11 is 0. The van der Waals surface area contributed by atoms with Gasteiger partial charge >= 0.3 is 0 Å². The van der Waals surface area contributed by atoms with Crippen molar-refractivity contribution in [1.82, 2.24) is 4.90 Å². The maximum atomic E-state index is 12.5. The molecule has 0 unspecified atom stereocenters. The van der Waals surface area contributed by atoms with Crippen LogP contribution in [0.1, 0.15) is 32.3 Å². The Morgan fingerprint density at radius 3 is 2.22 bits per heavy atom. The summed E-state index contributed by atoms with van der Waals surface area (Å²) in [6.45, 7) is 4.82. The van der Waals surface area contributed by atoms with E-state index in [4.69, 9.17) is 0 Å². The molecule has 0 atom stereocenters. The summed E-state index contributed by atoms with van der Waals surface area (Å²) < 4.78 is 25.2. The summed E-state index contributed by atoms with van der Waals surface area (Å²) in [6, 6.07) is 8.35. The first-order chi connectivity index (χ1) is 10.8. The van der Waals surface area contributed by atoms with Crippen molar-refractivity contribution in [1.29, 1.82) is 5.26 Å². The predicted octanol–water partition coefficient (Wildman–Crippen LogP) is 1.97. The van der Waals surface area contributed by atoms with Crippen LogP contribution in [0.3, 0.4) is 0 Å². The van der Waals surface area contributed by atoms with Gasteiger partial charge in [0.15, 0.2) is 0 Å². The van der Waals surface area contributed by atoms with Gasteiger partial charge in [0.05, 0.1) is 17.5 Å². The largest absolute Gasteiger partial charge is 0.341 e. The maximum absolute atomic E-state index is 12.5. The fraction of sp³-hybridized carbons (Fsp3) is 0.500. The smallest absolute Gasteiger partial charge is 0.243 e. The highest BCUT2D eigenvalue weighted by Crippen LogP contribution is 2.22. The van der Waals surface area contributed by atoms with E-state index in [0.717, 1.165) is 23.4 Å². The van der Waals surface area contributed by atoms with Crippen LogP contribution in [0.2, 0.25) is 0 Å². The number of amides is 1. The topological polar surface area (TPSA) is 81.5 Å². The molecular weight excluding hydrogens is 314 g/mol. The predicted molar refractivity (Wildman–Crippen MR) is 90.5 cm³/mol. The molecule has 0 N–H and O–H groups in total. The first-order valence-corrected chi connectivity index (χ1v) is 9.44. The van der Waals surface area contributed by atoms with Crippen molar-refractivity contribution in [2.45, 2.75) is 26.7 Å². The van der Waals surface area contributed by atoms with E-state index in [1.54, 1.807) is 17.0 Å². The second-order valence-electron chi connectivity index (χ2n) is 5.28. The second-order valence-corrected chi connectivity index (χ2v) is 7.19. The molecule has 1 amide bonds. The highest BCUT2D eigenvalue weighted by molar-refractivity contribution is 7.92. The van der Waals surface area contributed by atoms with Gasteiger partial charge in [0.2, 0.25) is 15.9 Å². The van der Waals surface area contributed by atoms with Gasteiger partial charge in [-0.2, -0.15) is 5.26 Å². The number of nitriles is 1. The zero-order valence-electron chi connectivity index (χ0n) is 13.8. The third-order valence-electron chi connectivity index (χ3n) is 3.31. The van der Waals surface area contributed by atoms with E-state index in [2.05, 4.69) is 0 Å². The van der Waals surface area contributed by atoms with Gasteiger partial charge in [-0.15, -0.1) is 0 Å². The fourth-order valence-electron chi connectivity index (χ4n) is 2.29. The van der Waals surface area contributed by atoms with E-state index >= 15 is 0 Å². The lowest BCUT2D eigenvalue weighted by Crippen LogP contribution is -2.43. The summed E-state index contributed by atoms with van der Waals surface area (Å²) in [6.07, 6.45) is 2.65. The monoisotopic (exact) mass is 337 g/mol. The average Bonchev–Trinajstić information content (AvgIpc) is 2.51. The highest BCUT2D eigenvalue weighted by atomic mass is 32.2. The molecule has 0 fully saturated rings. The lowest BCUT2D eigenvalue weighted by atomic mass is 10.2. The molecule has 6 nitrogen and oxygen atoms in total. The van der Waals surface area contributed by atoms with E-state index in [9.17, 15) is 18.5 Å². The molecule has 0 aliphatic carbocycles. The van der Waals surface area contributed by atoms with Crippen LogP contribution in [0.25, 0.3) is 0 Å². The summed E-state index contributed by atoms with van der Waals surface area (Å²) in [5.74, 6) is -0.258. The second kappa shape index (κ2) is 8.53. The van der Waals surface area contributed by atoms with Gasteiger partial charge in [-0.1, -0.05) is 26.0 Å². The van der Waals surface area contributed by atoms with Gasteiger partial charge in [0.25, 0.3) is 0 Å². The Bertz CT molecular complexity index is 674. The van der Waals surface area contributed by atoms with Crippen molar-refractivity contribution in [3.05, 3.63) is 29.8 Å². The van der Waals surface area contributed by atoms with Crippen molar-refractivity contribution in [3.8, 4) is 6.07 Å². The zero-order valence-corrected chi connectivity index (χ0v) is 14.6. The lowest BCUT2D eigenvalue weighted by Gasteiger charge is -2.27. The molecule has 7 heteroatoms. The van der Waals surface area contributed by atoms with E-state index in [1.165, 1.54) is 12.1 Å². The number of hydrogen-bond donors (Lipinski definition) is 0. The van der Waals surface area contributed by atoms with Crippen LogP contribution in [0, 0.1) is 11.3 Å². The third-order valence-corrected chi connectivity index (χ3v) is 4.44. The van der Waals surface area contributed by atoms with Crippen LogP contribution in [-0.4, -0.2) is 45.1 Å². The fourth-order valence-corrected chi connectivity index (χ4v) is 3.15. The number of carbonyl (C=O) groups excluding carboxylic acids is 1. The standard InChI is InChI=1S/C16H23N3O3S/c1-4-10-18(11-5-2)16(20)13-19(23(3,21)22)15-9-7-6-8-14(15)12-17/h6-9H,4-5,10-11,13H2,1-3H3. The zero-order chi connectivity index (χ0) is 17.5. The molecule has 0 heterocycles. The molecule has 0 radical (unpaired) electrons. The van der Waals surface area contributed by atoms with Gasteiger partial charge in [0, 0.05) is 13.1 Å². The Hall–Kier alpha value is -2.07. The quantitative estimate of drug-likeness (QED) is 0.726. The van der Waals surface area contributed by atoms with Gasteiger partial charge in [-0.05, 0) is 25.0 Å². The number of hydrogen-bond acceptors (Lipinski definition) is 4. The maximum Gasteiger partial charge on any atom is 0.243 e. The van der Waals surface area contributed by atoms with E-state index in [-0.39, 0.29) is 23.7 Å². The summed E-state index contributed by atoms with van der Waals surface area (Å²) in [4.78, 5) is 14.1. The molecule has 1 rings (SSSR count).